The van der Waals surface area contributed by atoms with Gasteiger partial charge in [-0.05, 0) is 85.7 Å². The number of anilines is 1. The van der Waals surface area contributed by atoms with Crippen molar-refractivity contribution >= 4 is 21.6 Å². The maximum Gasteiger partial charge on any atom is 0.387 e. The standard InChI is InChI=1S/C29H30F3N3O4S/c30-22-8-12-25(13-9-22)40(37,38)19-27(36)35(23-14-17-34(18-15-23)26-3-1-2-16-33-26)28(20-4-5-20)21-6-10-24(11-7-21)39-29(31)32/h1-3,6-13,16,20,23,28-29H,4-5,14-15,17-19H2. The Morgan fingerprint density at radius 3 is 2.23 bits per heavy atom. The third-order valence-corrected chi connectivity index (χ3v) is 9.04. The molecule has 1 aliphatic carbocycles. The van der Waals surface area contributed by atoms with Crippen molar-refractivity contribution in [2.45, 2.75) is 49.3 Å². The number of nitrogens with zero attached hydrogens (tertiary/aromatic N) is 3. The molecule has 2 aliphatic rings. The van der Waals surface area contributed by atoms with E-state index in [2.05, 4.69) is 14.6 Å². The fraction of sp³-hybridized carbons (Fsp3) is 0.379. The van der Waals surface area contributed by atoms with Crippen molar-refractivity contribution in [3.63, 3.8) is 0 Å². The molecule has 1 saturated heterocycles. The zero-order chi connectivity index (χ0) is 28.3. The van der Waals surface area contributed by atoms with Crippen LogP contribution < -0.4 is 9.64 Å². The second-order valence-electron chi connectivity index (χ2n) is 10.1. The number of ether oxygens (including phenoxy) is 1. The summed E-state index contributed by atoms with van der Waals surface area (Å²) in [6, 6.07) is 15.7. The monoisotopic (exact) mass is 573 g/mol. The van der Waals surface area contributed by atoms with E-state index in [4.69, 9.17) is 0 Å². The first-order chi connectivity index (χ1) is 19.2. The Hall–Kier alpha value is -3.60. The molecule has 0 spiro atoms. The van der Waals surface area contributed by atoms with Gasteiger partial charge < -0.3 is 14.5 Å². The first-order valence-electron chi connectivity index (χ1n) is 13.2. The first kappa shape index (κ1) is 27.9. The molecule has 2 heterocycles. The number of benzene rings is 2. The molecule has 5 rings (SSSR count). The van der Waals surface area contributed by atoms with E-state index in [0.29, 0.717) is 25.9 Å². The molecule has 7 nitrogen and oxygen atoms in total. The summed E-state index contributed by atoms with van der Waals surface area (Å²) in [6.45, 7) is -1.69. The zero-order valence-corrected chi connectivity index (χ0v) is 22.5. The van der Waals surface area contributed by atoms with Gasteiger partial charge in [0.05, 0.1) is 10.9 Å². The Morgan fingerprint density at radius 2 is 1.65 bits per heavy atom. The second kappa shape index (κ2) is 11.9. The van der Waals surface area contributed by atoms with E-state index in [0.717, 1.165) is 48.5 Å². The number of aromatic nitrogens is 1. The highest BCUT2D eigenvalue weighted by Crippen LogP contribution is 2.46. The lowest BCUT2D eigenvalue weighted by atomic mass is 9.94. The minimum absolute atomic E-state index is 0.00808. The predicted molar refractivity (Wildman–Crippen MR) is 143 cm³/mol. The molecule has 0 N–H and O–H groups in total. The van der Waals surface area contributed by atoms with Crippen LogP contribution in [0.1, 0.15) is 37.3 Å². The summed E-state index contributed by atoms with van der Waals surface area (Å²) in [5, 5.41) is 0. The van der Waals surface area contributed by atoms with Gasteiger partial charge in [0.25, 0.3) is 0 Å². The van der Waals surface area contributed by atoms with Crippen molar-refractivity contribution in [1.29, 1.82) is 0 Å². The molecule has 1 atom stereocenters. The van der Waals surface area contributed by atoms with Gasteiger partial charge in [0.2, 0.25) is 5.91 Å². The summed E-state index contributed by atoms with van der Waals surface area (Å²) in [4.78, 5) is 22.1. The minimum atomic E-state index is -4.04. The minimum Gasteiger partial charge on any atom is -0.435 e. The van der Waals surface area contributed by atoms with Gasteiger partial charge in [0.1, 0.15) is 23.1 Å². The molecule has 11 heteroatoms. The van der Waals surface area contributed by atoms with Gasteiger partial charge in [-0.1, -0.05) is 18.2 Å². The van der Waals surface area contributed by atoms with E-state index in [1.54, 1.807) is 23.2 Å². The molecule has 1 unspecified atom stereocenters. The molecule has 40 heavy (non-hydrogen) atoms. The number of alkyl halides is 2. The van der Waals surface area contributed by atoms with Crippen molar-refractivity contribution in [1.82, 2.24) is 9.88 Å². The van der Waals surface area contributed by atoms with Crippen molar-refractivity contribution < 1.29 is 31.1 Å². The SMILES string of the molecule is O=C(CS(=O)(=O)c1ccc(F)cc1)N(C1CCN(c2ccccn2)CC1)C(c1ccc(OC(F)F)cc1)C1CC1. The van der Waals surface area contributed by atoms with Crippen LogP contribution in [0, 0.1) is 11.7 Å². The number of rotatable bonds is 10. The van der Waals surface area contributed by atoms with Gasteiger partial charge in [0.15, 0.2) is 9.84 Å². The summed E-state index contributed by atoms with van der Waals surface area (Å²) in [5.41, 5.74) is 0.740. The molecule has 1 aliphatic heterocycles. The van der Waals surface area contributed by atoms with E-state index >= 15 is 0 Å². The molecule has 212 valence electrons. The van der Waals surface area contributed by atoms with Gasteiger partial charge in [-0.25, -0.2) is 17.8 Å². The summed E-state index contributed by atoms with van der Waals surface area (Å²) < 4.78 is 69.7. The molecule has 2 aromatic carbocycles. The number of sulfone groups is 1. The van der Waals surface area contributed by atoms with Crippen LogP contribution in [0.4, 0.5) is 19.0 Å². The molecule has 2 fully saturated rings. The fourth-order valence-corrected chi connectivity index (χ4v) is 6.57. The topological polar surface area (TPSA) is 79.8 Å². The highest BCUT2D eigenvalue weighted by molar-refractivity contribution is 7.92. The molecule has 0 bridgehead atoms. The number of hydrogen-bond donors (Lipinski definition) is 0. The predicted octanol–water partition coefficient (Wildman–Crippen LogP) is 5.24. The van der Waals surface area contributed by atoms with Crippen LogP contribution >= 0.6 is 0 Å². The van der Waals surface area contributed by atoms with Crippen molar-refractivity contribution in [2.24, 2.45) is 5.92 Å². The molecule has 1 aromatic heterocycles. The fourth-order valence-electron chi connectivity index (χ4n) is 5.38. The molecular formula is C29H30F3N3O4S. The van der Waals surface area contributed by atoms with Crippen LogP contribution in [0.3, 0.4) is 0 Å². The van der Waals surface area contributed by atoms with Crippen molar-refractivity contribution in [3.05, 3.63) is 84.3 Å². The maximum absolute atomic E-state index is 13.9. The highest BCUT2D eigenvalue weighted by Gasteiger charge is 2.43. The third kappa shape index (κ3) is 6.57. The maximum atomic E-state index is 13.9. The molecule has 0 radical (unpaired) electrons. The molecule has 1 amide bonds. The van der Waals surface area contributed by atoms with Gasteiger partial charge in [-0.15, -0.1) is 0 Å². The number of carbonyl (C=O) groups is 1. The van der Waals surface area contributed by atoms with Crippen molar-refractivity contribution in [3.8, 4) is 5.75 Å². The number of halogens is 3. The smallest absolute Gasteiger partial charge is 0.387 e. The van der Waals surface area contributed by atoms with Crippen molar-refractivity contribution in [2.75, 3.05) is 23.7 Å². The summed E-state index contributed by atoms with van der Waals surface area (Å²) in [5.74, 6) is -0.896. The lowest BCUT2D eigenvalue weighted by molar-refractivity contribution is -0.134. The molecule has 1 saturated carbocycles. The van der Waals surface area contributed by atoms with E-state index in [9.17, 15) is 26.4 Å². The Kier molecular flexibility index (Phi) is 8.30. The summed E-state index contributed by atoms with van der Waals surface area (Å²) in [7, 11) is -4.04. The van der Waals surface area contributed by atoms with E-state index in [1.807, 2.05) is 18.2 Å². The Bertz CT molecular complexity index is 1390. The second-order valence-corrected chi connectivity index (χ2v) is 12.1. The quantitative estimate of drug-likeness (QED) is 0.309. The largest absolute Gasteiger partial charge is 0.435 e. The van der Waals surface area contributed by atoms with E-state index in [1.165, 1.54) is 12.1 Å². The van der Waals surface area contributed by atoms with Crippen LogP contribution in [0.25, 0.3) is 0 Å². The third-order valence-electron chi connectivity index (χ3n) is 7.42. The summed E-state index contributed by atoms with van der Waals surface area (Å²) >= 11 is 0. The van der Waals surface area contributed by atoms with Gasteiger partial charge in [0, 0.05) is 25.3 Å². The molecule has 3 aromatic rings. The van der Waals surface area contributed by atoms with Crippen LogP contribution in [0.15, 0.2) is 77.8 Å². The van der Waals surface area contributed by atoms with E-state index < -0.39 is 40.0 Å². The number of hydrogen-bond acceptors (Lipinski definition) is 6. The number of pyridine rings is 1. The van der Waals surface area contributed by atoms with Crippen LogP contribution in [0.5, 0.6) is 5.75 Å². The van der Waals surface area contributed by atoms with Gasteiger partial charge in [-0.3, -0.25) is 4.79 Å². The van der Waals surface area contributed by atoms with Gasteiger partial charge >= 0.3 is 6.61 Å². The summed E-state index contributed by atoms with van der Waals surface area (Å²) in [6.07, 6.45) is 4.66. The van der Waals surface area contributed by atoms with Crippen LogP contribution in [-0.2, 0) is 14.6 Å². The average molecular weight is 574 g/mol. The Balaban J connectivity index is 1.43. The van der Waals surface area contributed by atoms with E-state index in [-0.39, 0.29) is 22.6 Å². The van der Waals surface area contributed by atoms with Gasteiger partial charge in [-0.2, -0.15) is 8.78 Å². The lowest BCUT2D eigenvalue weighted by Crippen LogP contribution is -2.51. The Labute approximate surface area is 231 Å². The van der Waals surface area contributed by atoms with Crippen LogP contribution in [0.2, 0.25) is 0 Å². The van der Waals surface area contributed by atoms with Crippen LogP contribution in [-0.4, -0.2) is 55.7 Å². The normalized spacial score (nSPS) is 17.1. The Morgan fingerprint density at radius 1 is 0.975 bits per heavy atom. The zero-order valence-electron chi connectivity index (χ0n) is 21.7. The molecular weight excluding hydrogens is 543 g/mol. The first-order valence-corrected chi connectivity index (χ1v) is 14.9. The lowest BCUT2D eigenvalue weighted by Gasteiger charge is -2.43. The number of carbonyl (C=O) groups excluding carboxylic acids is 1. The number of amides is 1. The average Bonchev–Trinajstić information content (AvgIpc) is 3.78. The highest BCUT2D eigenvalue weighted by atomic mass is 32.2. The number of piperidine rings is 1.